The lowest BCUT2D eigenvalue weighted by Gasteiger charge is -2.19. The summed E-state index contributed by atoms with van der Waals surface area (Å²) in [5, 5.41) is 22.9. The van der Waals surface area contributed by atoms with Crippen molar-refractivity contribution in [1.82, 2.24) is 0 Å². The fourth-order valence-corrected chi connectivity index (χ4v) is 5.40. The number of nitrogens with zero attached hydrogens (tertiary/aromatic N) is 2. The highest BCUT2D eigenvalue weighted by Crippen LogP contribution is 2.47. The Labute approximate surface area is 200 Å². The van der Waals surface area contributed by atoms with Crippen LogP contribution < -0.4 is 5.32 Å². The molecule has 4 aromatic rings. The summed E-state index contributed by atoms with van der Waals surface area (Å²) in [6.07, 6.45) is 0. The van der Waals surface area contributed by atoms with Gasteiger partial charge in [-0.1, -0.05) is 90.3 Å². The quantitative estimate of drug-likeness (QED) is 0.305. The van der Waals surface area contributed by atoms with Crippen LogP contribution in [0.1, 0.15) is 16.7 Å². The van der Waals surface area contributed by atoms with Crippen molar-refractivity contribution in [3.63, 3.8) is 0 Å². The van der Waals surface area contributed by atoms with Gasteiger partial charge in [0.05, 0.1) is 21.0 Å². The molecule has 1 N–H and O–H groups in total. The molecule has 33 heavy (non-hydrogen) atoms. The minimum atomic E-state index is -0.674. The van der Waals surface area contributed by atoms with Crippen LogP contribution in [0.2, 0.25) is 0 Å². The standard InChI is InChI=1S/C27H18FN3S2/c28-24-22(16-29)23(17-30)25(31-18-19-10-4-1-5-11-19)27(33-21-14-8-3-9-15-21)26(24)32-20-12-6-2-7-13-20/h1-15,31H,18H2. The van der Waals surface area contributed by atoms with Crippen LogP contribution in [0.15, 0.2) is 111 Å². The molecule has 0 saturated carbocycles. The second-order valence-corrected chi connectivity index (χ2v) is 9.16. The van der Waals surface area contributed by atoms with Crippen molar-refractivity contribution in [2.45, 2.75) is 26.1 Å². The Balaban J connectivity index is 1.89. The number of anilines is 1. The van der Waals surface area contributed by atoms with Crippen LogP contribution in [0.25, 0.3) is 0 Å². The van der Waals surface area contributed by atoms with E-state index in [4.69, 9.17) is 0 Å². The number of hydrogen-bond acceptors (Lipinski definition) is 5. The molecule has 0 saturated heterocycles. The van der Waals surface area contributed by atoms with Gasteiger partial charge in [-0.25, -0.2) is 4.39 Å². The minimum Gasteiger partial charge on any atom is -0.379 e. The molecular formula is C27H18FN3S2. The van der Waals surface area contributed by atoms with E-state index >= 15 is 4.39 Å². The fraction of sp³-hybridized carbons (Fsp3) is 0.0370. The van der Waals surface area contributed by atoms with Gasteiger partial charge in [0.2, 0.25) is 0 Å². The van der Waals surface area contributed by atoms with Gasteiger partial charge in [-0.15, -0.1) is 0 Å². The third-order valence-corrected chi connectivity index (χ3v) is 7.16. The highest BCUT2D eigenvalue weighted by atomic mass is 32.2. The molecular weight excluding hydrogens is 449 g/mol. The summed E-state index contributed by atoms with van der Waals surface area (Å²) in [6.45, 7) is 0.434. The van der Waals surface area contributed by atoms with Gasteiger partial charge in [0, 0.05) is 16.3 Å². The van der Waals surface area contributed by atoms with E-state index in [0.717, 1.165) is 15.4 Å². The number of nitriles is 2. The molecule has 0 heterocycles. The van der Waals surface area contributed by atoms with Crippen LogP contribution in [0.5, 0.6) is 0 Å². The van der Waals surface area contributed by atoms with Gasteiger partial charge in [-0.05, 0) is 29.8 Å². The maximum atomic E-state index is 15.7. The summed E-state index contributed by atoms with van der Waals surface area (Å²) in [4.78, 5) is 2.65. The molecule has 0 radical (unpaired) electrons. The molecule has 4 rings (SSSR count). The highest BCUT2D eigenvalue weighted by Gasteiger charge is 2.26. The van der Waals surface area contributed by atoms with E-state index in [0.29, 0.717) is 22.0 Å². The van der Waals surface area contributed by atoms with Crippen molar-refractivity contribution in [3.05, 3.63) is 114 Å². The van der Waals surface area contributed by atoms with Crippen LogP contribution in [-0.4, -0.2) is 0 Å². The monoisotopic (exact) mass is 467 g/mol. The largest absolute Gasteiger partial charge is 0.379 e. The number of rotatable bonds is 7. The van der Waals surface area contributed by atoms with E-state index in [9.17, 15) is 10.5 Å². The molecule has 0 amide bonds. The van der Waals surface area contributed by atoms with Gasteiger partial charge < -0.3 is 5.32 Å². The normalized spacial score (nSPS) is 10.3. The molecule has 0 unspecified atom stereocenters. The maximum absolute atomic E-state index is 15.7. The Kier molecular flexibility index (Phi) is 7.32. The van der Waals surface area contributed by atoms with Crippen LogP contribution in [0, 0.1) is 28.5 Å². The Hall–Kier alpha value is -3.71. The lowest BCUT2D eigenvalue weighted by Crippen LogP contribution is -2.07. The zero-order chi connectivity index (χ0) is 23.0. The van der Waals surface area contributed by atoms with E-state index in [2.05, 4.69) is 11.4 Å². The Morgan fingerprint density at radius 2 is 1.15 bits per heavy atom. The molecule has 3 nitrogen and oxygen atoms in total. The fourth-order valence-electron chi connectivity index (χ4n) is 3.25. The summed E-state index contributed by atoms with van der Waals surface area (Å²) < 4.78 is 15.7. The summed E-state index contributed by atoms with van der Waals surface area (Å²) in [5.74, 6) is -0.674. The van der Waals surface area contributed by atoms with Crippen molar-refractivity contribution >= 4 is 29.2 Å². The second kappa shape index (κ2) is 10.7. The molecule has 160 valence electrons. The van der Waals surface area contributed by atoms with Crippen molar-refractivity contribution in [2.75, 3.05) is 5.32 Å². The third kappa shape index (κ3) is 5.21. The molecule has 0 fully saturated rings. The zero-order valence-electron chi connectivity index (χ0n) is 17.5. The predicted molar refractivity (Wildman–Crippen MR) is 131 cm³/mol. The molecule has 0 aromatic heterocycles. The molecule has 0 spiro atoms. The van der Waals surface area contributed by atoms with Gasteiger partial charge in [0.25, 0.3) is 0 Å². The lowest BCUT2D eigenvalue weighted by atomic mass is 10.1. The van der Waals surface area contributed by atoms with Crippen molar-refractivity contribution in [3.8, 4) is 12.1 Å². The summed E-state index contributed by atoms with van der Waals surface area (Å²) in [5.41, 5.74) is 1.24. The van der Waals surface area contributed by atoms with Crippen molar-refractivity contribution in [1.29, 1.82) is 10.5 Å². The number of hydrogen-bond donors (Lipinski definition) is 1. The molecule has 0 bridgehead atoms. The minimum absolute atomic E-state index is 0.0155. The third-order valence-electron chi connectivity index (χ3n) is 4.81. The molecule has 6 heteroatoms. The van der Waals surface area contributed by atoms with Crippen LogP contribution in [0.3, 0.4) is 0 Å². The van der Waals surface area contributed by atoms with E-state index in [1.165, 1.54) is 23.5 Å². The number of halogens is 1. The van der Waals surface area contributed by atoms with E-state index in [-0.39, 0.29) is 11.1 Å². The Morgan fingerprint density at radius 3 is 1.67 bits per heavy atom. The summed E-state index contributed by atoms with van der Waals surface area (Å²) >= 11 is 2.62. The first-order chi connectivity index (χ1) is 16.2. The van der Waals surface area contributed by atoms with Gasteiger partial charge in [0.15, 0.2) is 5.82 Å². The van der Waals surface area contributed by atoms with E-state index in [1.807, 2.05) is 97.1 Å². The second-order valence-electron chi connectivity index (χ2n) is 6.99. The van der Waals surface area contributed by atoms with E-state index < -0.39 is 5.82 Å². The van der Waals surface area contributed by atoms with Crippen LogP contribution in [0.4, 0.5) is 10.1 Å². The topological polar surface area (TPSA) is 59.6 Å². The Morgan fingerprint density at radius 1 is 0.667 bits per heavy atom. The zero-order valence-corrected chi connectivity index (χ0v) is 19.1. The summed E-state index contributed by atoms with van der Waals surface area (Å²) in [6, 6.07) is 32.8. The first-order valence-electron chi connectivity index (χ1n) is 10.1. The molecule has 0 aliphatic heterocycles. The predicted octanol–water partition coefficient (Wildman–Crippen LogP) is 7.48. The lowest BCUT2D eigenvalue weighted by molar-refractivity contribution is 0.590. The van der Waals surface area contributed by atoms with Gasteiger partial charge in [-0.2, -0.15) is 10.5 Å². The van der Waals surface area contributed by atoms with Gasteiger partial charge in [0.1, 0.15) is 17.7 Å². The first kappa shape index (κ1) is 22.5. The smallest absolute Gasteiger partial charge is 0.157 e. The maximum Gasteiger partial charge on any atom is 0.157 e. The average molecular weight is 468 g/mol. The highest BCUT2D eigenvalue weighted by molar-refractivity contribution is 8.02. The van der Waals surface area contributed by atoms with Gasteiger partial charge in [-0.3, -0.25) is 0 Å². The van der Waals surface area contributed by atoms with Crippen molar-refractivity contribution < 1.29 is 4.39 Å². The molecule has 0 aliphatic carbocycles. The van der Waals surface area contributed by atoms with Gasteiger partial charge >= 0.3 is 0 Å². The Bertz CT molecular complexity index is 1330. The molecule has 4 aromatic carbocycles. The van der Waals surface area contributed by atoms with E-state index in [1.54, 1.807) is 0 Å². The molecule has 0 aliphatic rings. The number of benzene rings is 4. The van der Waals surface area contributed by atoms with Crippen molar-refractivity contribution in [2.24, 2.45) is 0 Å². The average Bonchev–Trinajstić information content (AvgIpc) is 2.87. The van der Waals surface area contributed by atoms with Crippen LogP contribution in [-0.2, 0) is 6.54 Å². The van der Waals surface area contributed by atoms with Crippen LogP contribution >= 0.6 is 23.5 Å². The number of nitrogens with one attached hydrogen (secondary N) is 1. The first-order valence-corrected chi connectivity index (χ1v) is 11.8. The molecule has 0 atom stereocenters. The SMILES string of the molecule is N#Cc1c(F)c(Sc2ccccc2)c(Sc2ccccc2)c(NCc2ccccc2)c1C#N. The summed E-state index contributed by atoms with van der Waals surface area (Å²) in [7, 11) is 0.